The minimum absolute atomic E-state index is 0. The molecule has 6 nitrogen and oxygen atoms in total. The van der Waals surface area contributed by atoms with Gasteiger partial charge in [0, 0.05) is 19.0 Å². The largest absolute Gasteiger partial charge is 0.491 e. The van der Waals surface area contributed by atoms with Gasteiger partial charge in [0.15, 0.2) is 5.96 Å². The van der Waals surface area contributed by atoms with Crippen LogP contribution in [0.5, 0.6) is 5.75 Å². The van der Waals surface area contributed by atoms with Gasteiger partial charge >= 0.3 is 0 Å². The maximum atomic E-state index is 5.58. The predicted molar refractivity (Wildman–Crippen MR) is 127 cm³/mol. The van der Waals surface area contributed by atoms with Crippen molar-refractivity contribution in [2.24, 2.45) is 4.99 Å². The highest BCUT2D eigenvalue weighted by molar-refractivity contribution is 14.0. The number of benzene rings is 1. The summed E-state index contributed by atoms with van der Waals surface area (Å²) in [6.07, 6.45) is 0. The number of rotatable bonds is 10. The molecular weight excluding hydrogens is 487 g/mol. The normalized spacial score (nSPS) is 11.2. The van der Waals surface area contributed by atoms with Crippen LogP contribution < -0.4 is 15.4 Å². The standard InChI is InChI=1S/C20H30N4O2S.HI/c1-5-21-20(23-13-19-24-18(14-27-19)15(2)3)22-12-16-6-8-17(9-7-16)26-11-10-25-4;/h6-9,14-15H,5,10-13H2,1-4H3,(H2,21,22,23);1H. The van der Waals surface area contributed by atoms with Crippen LogP contribution in [0.25, 0.3) is 0 Å². The average molecular weight is 518 g/mol. The van der Waals surface area contributed by atoms with Crippen LogP contribution in [0.4, 0.5) is 0 Å². The highest BCUT2D eigenvalue weighted by atomic mass is 127. The molecular formula is C20H31IN4O2S. The van der Waals surface area contributed by atoms with Crippen molar-refractivity contribution in [2.45, 2.75) is 39.8 Å². The van der Waals surface area contributed by atoms with E-state index in [1.54, 1.807) is 18.4 Å². The van der Waals surface area contributed by atoms with E-state index in [9.17, 15) is 0 Å². The van der Waals surface area contributed by atoms with E-state index in [0.29, 0.717) is 32.2 Å². The molecule has 1 aromatic heterocycles. The number of halogens is 1. The second kappa shape index (κ2) is 13.7. The van der Waals surface area contributed by atoms with Gasteiger partial charge in [-0.3, -0.25) is 0 Å². The van der Waals surface area contributed by atoms with Gasteiger partial charge in [-0.15, -0.1) is 35.3 Å². The van der Waals surface area contributed by atoms with E-state index < -0.39 is 0 Å². The second-order valence-electron chi connectivity index (χ2n) is 6.35. The topological polar surface area (TPSA) is 67.8 Å². The summed E-state index contributed by atoms with van der Waals surface area (Å²) in [5.41, 5.74) is 2.27. The fourth-order valence-electron chi connectivity index (χ4n) is 2.28. The quantitative estimate of drug-likeness (QED) is 0.214. The summed E-state index contributed by atoms with van der Waals surface area (Å²) in [5.74, 6) is 2.09. The Labute approximate surface area is 189 Å². The molecule has 0 saturated carbocycles. The number of nitrogens with zero attached hydrogens (tertiary/aromatic N) is 2. The zero-order valence-corrected chi connectivity index (χ0v) is 20.2. The van der Waals surface area contributed by atoms with Crippen molar-refractivity contribution >= 4 is 41.3 Å². The smallest absolute Gasteiger partial charge is 0.191 e. The molecule has 1 heterocycles. The monoisotopic (exact) mass is 518 g/mol. The highest BCUT2D eigenvalue weighted by Gasteiger charge is 2.06. The van der Waals surface area contributed by atoms with Crippen LogP contribution in [0.1, 0.15) is 43.0 Å². The van der Waals surface area contributed by atoms with Crippen molar-refractivity contribution in [3.05, 3.63) is 45.9 Å². The molecule has 2 aromatic rings. The number of ether oxygens (including phenoxy) is 2. The first-order valence-corrected chi connectivity index (χ1v) is 10.2. The van der Waals surface area contributed by atoms with Gasteiger partial charge in [0.25, 0.3) is 0 Å². The maximum absolute atomic E-state index is 5.58. The third-order valence-corrected chi connectivity index (χ3v) is 4.68. The molecule has 8 heteroatoms. The van der Waals surface area contributed by atoms with Crippen molar-refractivity contribution in [2.75, 3.05) is 26.9 Å². The van der Waals surface area contributed by atoms with Crippen LogP contribution in [-0.4, -0.2) is 37.8 Å². The molecule has 156 valence electrons. The first kappa shape index (κ1) is 24.6. The lowest BCUT2D eigenvalue weighted by molar-refractivity contribution is 0.146. The molecule has 1 aromatic carbocycles. The van der Waals surface area contributed by atoms with Crippen molar-refractivity contribution in [1.82, 2.24) is 15.6 Å². The van der Waals surface area contributed by atoms with Crippen LogP contribution >= 0.6 is 35.3 Å². The Kier molecular flexibility index (Phi) is 12.1. The van der Waals surface area contributed by atoms with E-state index in [0.717, 1.165) is 34.5 Å². The first-order chi connectivity index (χ1) is 13.1. The molecule has 0 fully saturated rings. The summed E-state index contributed by atoms with van der Waals surface area (Å²) in [6, 6.07) is 7.99. The number of hydrogen-bond donors (Lipinski definition) is 2. The van der Waals surface area contributed by atoms with Crippen molar-refractivity contribution in [3.63, 3.8) is 0 Å². The van der Waals surface area contributed by atoms with Gasteiger partial charge in [0.2, 0.25) is 0 Å². The molecule has 0 amide bonds. The van der Waals surface area contributed by atoms with Gasteiger partial charge in [0.1, 0.15) is 17.4 Å². The summed E-state index contributed by atoms with van der Waals surface area (Å²) in [6.45, 7) is 9.60. The molecule has 28 heavy (non-hydrogen) atoms. The number of thiazole rings is 1. The molecule has 0 aliphatic rings. The van der Waals surface area contributed by atoms with Gasteiger partial charge in [0.05, 0.1) is 25.4 Å². The molecule has 0 aliphatic heterocycles. The lowest BCUT2D eigenvalue weighted by Gasteiger charge is -2.10. The number of hydrogen-bond acceptors (Lipinski definition) is 5. The lowest BCUT2D eigenvalue weighted by atomic mass is 10.2. The maximum Gasteiger partial charge on any atom is 0.191 e. The molecule has 0 bridgehead atoms. The fourth-order valence-corrected chi connectivity index (χ4v) is 3.17. The van der Waals surface area contributed by atoms with E-state index in [1.165, 1.54) is 0 Å². The van der Waals surface area contributed by atoms with Crippen LogP contribution in [0.3, 0.4) is 0 Å². The predicted octanol–water partition coefficient (Wildman–Crippen LogP) is 4.17. The molecule has 2 rings (SSSR count). The van der Waals surface area contributed by atoms with Gasteiger partial charge < -0.3 is 20.1 Å². The highest BCUT2D eigenvalue weighted by Crippen LogP contribution is 2.17. The minimum Gasteiger partial charge on any atom is -0.491 e. The summed E-state index contributed by atoms with van der Waals surface area (Å²) in [7, 11) is 1.66. The average Bonchev–Trinajstić information content (AvgIpc) is 3.15. The molecule has 0 radical (unpaired) electrons. The Morgan fingerprint density at radius 1 is 1.18 bits per heavy atom. The zero-order chi connectivity index (χ0) is 19.5. The summed E-state index contributed by atoms with van der Waals surface area (Å²) >= 11 is 1.68. The van der Waals surface area contributed by atoms with Gasteiger partial charge in [-0.25, -0.2) is 9.98 Å². The van der Waals surface area contributed by atoms with E-state index in [2.05, 4.69) is 46.8 Å². The minimum atomic E-state index is 0. The van der Waals surface area contributed by atoms with Gasteiger partial charge in [-0.2, -0.15) is 0 Å². The third kappa shape index (κ3) is 8.74. The molecule has 0 atom stereocenters. The first-order valence-electron chi connectivity index (χ1n) is 9.29. The SMILES string of the molecule is CCNC(=NCc1ccc(OCCOC)cc1)NCc1nc(C(C)C)cs1.I. The fraction of sp³-hybridized carbons (Fsp3) is 0.500. The summed E-state index contributed by atoms with van der Waals surface area (Å²) in [4.78, 5) is 9.31. The Bertz CT molecular complexity index is 704. The number of aliphatic imine (C=N–C) groups is 1. The molecule has 0 spiro atoms. The molecule has 2 N–H and O–H groups in total. The van der Waals surface area contributed by atoms with Gasteiger partial charge in [-0.1, -0.05) is 26.0 Å². The lowest BCUT2D eigenvalue weighted by Crippen LogP contribution is -2.36. The number of methoxy groups -OCH3 is 1. The van der Waals surface area contributed by atoms with Crippen LogP contribution in [0.15, 0.2) is 34.6 Å². The Morgan fingerprint density at radius 2 is 1.93 bits per heavy atom. The van der Waals surface area contributed by atoms with E-state index in [1.807, 2.05) is 24.3 Å². The number of nitrogens with one attached hydrogen (secondary N) is 2. The summed E-state index contributed by atoms with van der Waals surface area (Å²) < 4.78 is 10.6. The van der Waals surface area contributed by atoms with E-state index in [-0.39, 0.29) is 24.0 Å². The van der Waals surface area contributed by atoms with E-state index in [4.69, 9.17) is 9.47 Å². The molecule has 0 unspecified atom stereocenters. The van der Waals surface area contributed by atoms with Crippen LogP contribution in [-0.2, 0) is 17.8 Å². The number of guanidine groups is 1. The van der Waals surface area contributed by atoms with Crippen LogP contribution in [0.2, 0.25) is 0 Å². The van der Waals surface area contributed by atoms with Crippen molar-refractivity contribution in [1.29, 1.82) is 0 Å². The Hall–Kier alpha value is -1.39. The van der Waals surface area contributed by atoms with Gasteiger partial charge in [-0.05, 0) is 30.5 Å². The summed E-state index contributed by atoms with van der Waals surface area (Å²) in [5, 5.41) is 9.83. The van der Waals surface area contributed by atoms with Crippen molar-refractivity contribution in [3.8, 4) is 5.75 Å². The number of aromatic nitrogens is 1. The Morgan fingerprint density at radius 3 is 2.54 bits per heavy atom. The second-order valence-corrected chi connectivity index (χ2v) is 7.30. The van der Waals surface area contributed by atoms with Crippen molar-refractivity contribution < 1.29 is 9.47 Å². The third-order valence-electron chi connectivity index (χ3n) is 3.81. The molecule has 0 aliphatic carbocycles. The zero-order valence-electron chi connectivity index (χ0n) is 17.0. The van der Waals surface area contributed by atoms with Crippen LogP contribution in [0, 0.1) is 0 Å². The molecule has 0 saturated heterocycles. The Balaban J connectivity index is 0.00000392. The van der Waals surface area contributed by atoms with E-state index >= 15 is 0 Å².